The first-order valence-electron chi connectivity index (χ1n) is 9.21. The summed E-state index contributed by atoms with van der Waals surface area (Å²) in [5.74, 6) is 0.599. The molecule has 0 N–H and O–H groups in total. The Hall–Kier alpha value is -1.07. The van der Waals surface area contributed by atoms with Crippen LogP contribution < -0.4 is 0 Å². The Kier molecular flexibility index (Phi) is 6.05. The lowest BCUT2D eigenvalue weighted by atomic mass is 9.86. The average Bonchev–Trinajstić information content (AvgIpc) is 2.75. The molecule has 138 valence electrons. The summed E-state index contributed by atoms with van der Waals surface area (Å²) in [6.45, 7) is 0.787. The van der Waals surface area contributed by atoms with E-state index in [-0.39, 0.29) is 11.7 Å². The van der Waals surface area contributed by atoms with E-state index in [1.807, 2.05) is 6.07 Å². The van der Waals surface area contributed by atoms with E-state index < -0.39 is 15.1 Å². The molecule has 0 bridgehead atoms. The first-order chi connectivity index (χ1) is 12.0. The van der Waals surface area contributed by atoms with E-state index in [2.05, 4.69) is 0 Å². The largest absolute Gasteiger partial charge is 0.342 e. The van der Waals surface area contributed by atoms with E-state index in [9.17, 15) is 13.2 Å². The third-order valence-electron chi connectivity index (χ3n) is 5.53. The summed E-state index contributed by atoms with van der Waals surface area (Å²) in [7, 11) is -3.31. The molecule has 4 nitrogen and oxygen atoms in total. The van der Waals surface area contributed by atoms with Crippen LogP contribution in [0.15, 0.2) is 24.3 Å². The van der Waals surface area contributed by atoms with Crippen molar-refractivity contribution in [3.05, 3.63) is 34.9 Å². The molecule has 1 unspecified atom stereocenters. The molecule has 0 radical (unpaired) electrons. The normalized spacial score (nSPS) is 24.7. The van der Waals surface area contributed by atoms with Gasteiger partial charge in [-0.15, -0.1) is 0 Å². The molecule has 1 amide bonds. The average molecular weight is 384 g/mol. The smallest absolute Gasteiger partial charge is 0.222 e. The fourth-order valence-electron chi connectivity index (χ4n) is 4.05. The highest BCUT2D eigenvalue weighted by molar-refractivity contribution is 7.91. The van der Waals surface area contributed by atoms with Crippen LogP contribution in [0.25, 0.3) is 0 Å². The number of nitrogens with zero attached hydrogens (tertiary/aromatic N) is 1. The summed E-state index contributed by atoms with van der Waals surface area (Å²) in [5.41, 5.74) is 0.658. The molecule has 1 saturated heterocycles. The van der Waals surface area contributed by atoms with Gasteiger partial charge in [-0.05, 0) is 36.8 Å². The van der Waals surface area contributed by atoms with Crippen LogP contribution >= 0.6 is 11.6 Å². The van der Waals surface area contributed by atoms with Gasteiger partial charge >= 0.3 is 0 Å². The number of sulfone groups is 1. The van der Waals surface area contributed by atoms with Crippen molar-refractivity contribution in [2.45, 2.75) is 50.2 Å². The number of rotatable bonds is 3. The SMILES string of the molecule is O=C(CC1CCCCC1)N1CCC(c2ccccc2Cl)S(=O)(=O)CC1. The second-order valence-corrected chi connectivity index (χ2v) is 9.96. The minimum Gasteiger partial charge on any atom is -0.342 e. The van der Waals surface area contributed by atoms with Gasteiger partial charge in [0.05, 0.1) is 11.0 Å². The molecule has 0 spiro atoms. The number of halogens is 1. The van der Waals surface area contributed by atoms with E-state index in [0.717, 1.165) is 12.8 Å². The molecule has 3 rings (SSSR count). The lowest BCUT2D eigenvalue weighted by Crippen LogP contribution is -2.35. The molecule has 1 heterocycles. The molecule has 1 aromatic rings. The number of hydrogen-bond donors (Lipinski definition) is 0. The second kappa shape index (κ2) is 8.09. The van der Waals surface area contributed by atoms with Gasteiger partial charge in [-0.1, -0.05) is 49.1 Å². The van der Waals surface area contributed by atoms with Gasteiger partial charge in [0.15, 0.2) is 9.84 Å². The van der Waals surface area contributed by atoms with Gasteiger partial charge in [-0.25, -0.2) is 8.42 Å². The lowest BCUT2D eigenvalue weighted by molar-refractivity contribution is -0.132. The number of hydrogen-bond acceptors (Lipinski definition) is 3. The van der Waals surface area contributed by atoms with Crippen LogP contribution in [0.4, 0.5) is 0 Å². The van der Waals surface area contributed by atoms with E-state index in [1.54, 1.807) is 23.1 Å². The summed E-state index contributed by atoms with van der Waals surface area (Å²) < 4.78 is 25.4. The van der Waals surface area contributed by atoms with E-state index in [0.29, 0.717) is 42.4 Å². The zero-order valence-corrected chi connectivity index (χ0v) is 16.1. The predicted octanol–water partition coefficient (Wildman–Crippen LogP) is 4.00. The second-order valence-electron chi connectivity index (χ2n) is 7.25. The molecule has 1 aliphatic heterocycles. The predicted molar refractivity (Wildman–Crippen MR) is 100 cm³/mol. The van der Waals surface area contributed by atoms with Crippen LogP contribution in [0.3, 0.4) is 0 Å². The molecule has 1 aliphatic carbocycles. The highest BCUT2D eigenvalue weighted by Crippen LogP contribution is 2.34. The zero-order valence-electron chi connectivity index (χ0n) is 14.5. The Morgan fingerprint density at radius 1 is 1.08 bits per heavy atom. The Bertz CT molecular complexity index is 713. The third kappa shape index (κ3) is 4.56. The van der Waals surface area contributed by atoms with Gasteiger partial charge in [0.1, 0.15) is 0 Å². The highest BCUT2D eigenvalue weighted by Gasteiger charge is 2.34. The summed E-state index contributed by atoms with van der Waals surface area (Å²) in [5, 5.41) is -0.133. The Morgan fingerprint density at radius 2 is 1.80 bits per heavy atom. The monoisotopic (exact) mass is 383 g/mol. The highest BCUT2D eigenvalue weighted by atomic mass is 35.5. The molecule has 1 atom stereocenters. The van der Waals surface area contributed by atoms with Gasteiger partial charge in [-0.3, -0.25) is 4.79 Å². The maximum absolute atomic E-state index is 12.7. The van der Waals surface area contributed by atoms with Gasteiger partial charge in [0.25, 0.3) is 0 Å². The Labute approximate surface area is 155 Å². The van der Waals surface area contributed by atoms with Crippen molar-refractivity contribution in [3.8, 4) is 0 Å². The first-order valence-corrected chi connectivity index (χ1v) is 11.3. The third-order valence-corrected chi connectivity index (χ3v) is 7.99. The van der Waals surface area contributed by atoms with Crippen LogP contribution in [-0.2, 0) is 14.6 Å². The number of benzene rings is 1. The molecule has 1 saturated carbocycles. The number of carbonyl (C=O) groups is 1. The lowest BCUT2D eigenvalue weighted by Gasteiger charge is -2.25. The number of carbonyl (C=O) groups excluding carboxylic acids is 1. The summed E-state index contributed by atoms with van der Waals surface area (Å²) >= 11 is 6.22. The van der Waals surface area contributed by atoms with Gasteiger partial charge in [0.2, 0.25) is 5.91 Å². The molecular weight excluding hydrogens is 358 g/mol. The van der Waals surface area contributed by atoms with Crippen molar-refractivity contribution in [1.82, 2.24) is 4.90 Å². The van der Waals surface area contributed by atoms with Crippen molar-refractivity contribution < 1.29 is 13.2 Å². The van der Waals surface area contributed by atoms with Crippen molar-refractivity contribution in [2.75, 3.05) is 18.8 Å². The van der Waals surface area contributed by atoms with E-state index >= 15 is 0 Å². The van der Waals surface area contributed by atoms with Crippen molar-refractivity contribution in [2.24, 2.45) is 5.92 Å². The van der Waals surface area contributed by atoms with Crippen LogP contribution in [-0.4, -0.2) is 38.1 Å². The molecule has 6 heteroatoms. The molecule has 25 heavy (non-hydrogen) atoms. The fourth-order valence-corrected chi connectivity index (χ4v) is 6.19. The summed E-state index contributed by atoms with van der Waals surface area (Å²) in [6.07, 6.45) is 6.92. The standard InChI is InChI=1S/C19H26ClNO3S/c20-17-9-5-4-8-16(17)18-10-11-21(12-13-25(18,23)24)19(22)14-15-6-2-1-3-7-15/h4-5,8-9,15,18H,1-3,6-7,10-14H2. The maximum atomic E-state index is 12.7. The molecule has 1 aromatic carbocycles. The van der Waals surface area contributed by atoms with Gasteiger partial charge in [-0.2, -0.15) is 0 Å². The summed E-state index contributed by atoms with van der Waals surface area (Å²) in [4.78, 5) is 14.4. The summed E-state index contributed by atoms with van der Waals surface area (Å²) in [6, 6.07) is 7.12. The topological polar surface area (TPSA) is 54.5 Å². The van der Waals surface area contributed by atoms with Crippen LogP contribution in [0.2, 0.25) is 5.02 Å². The van der Waals surface area contributed by atoms with Gasteiger partial charge in [0, 0.05) is 24.5 Å². The van der Waals surface area contributed by atoms with Gasteiger partial charge < -0.3 is 4.90 Å². The van der Waals surface area contributed by atoms with E-state index in [4.69, 9.17) is 11.6 Å². The first kappa shape index (κ1) is 18.7. The minimum atomic E-state index is -3.31. The van der Waals surface area contributed by atoms with Crippen molar-refractivity contribution >= 4 is 27.3 Å². The molecule has 0 aromatic heterocycles. The minimum absolute atomic E-state index is 0.0132. The Balaban J connectivity index is 1.69. The zero-order chi connectivity index (χ0) is 17.9. The maximum Gasteiger partial charge on any atom is 0.222 e. The van der Waals surface area contributed by atoms with Crippen LogP contribution in [0.5, 0.6) is 0 Å². The van der Waals surface area contributed by atoms with Crippen molar-refractivity contribution in [3.63, 3.8) is 0 Å². The Morgan fingerprint density at radius 3 is 2.52 bits per heavy atom. The molecular formula is C19H26ClNO3S. The molecule has 2 fully saturated rings. The molecule has 2 aliphatic rings. The van der Waals surface area contributed by atoms with Crippen LogP contribution in [0.1, 0.15) is 55.8 Å². The van der Waals surface area contributed by atoms with Crippen LogP contribution in [0, 0.1) is 5.92 Å². The number of amides is 1. The fraction of sp³-hybridized carbons (Fsp3) is 0.632. The van der Waals surface area contributed by atoms with Crippen molar-refractivity contribution in [1.29, 1.82) is 0 Å². The van der Waals surface area contributed by atoms with E-state index in [1.165, 1.54) is 19.3 Å². The quantitative estimate of drug-likeness (QED) is 0.792.